The van der Waals surface area contributed by atoms with Crippen molar-refractivity contribution < 1.29 is 19.4 Å². The zero-order chi connectivity index (χ0) is 20.1. The smallest absolute Gasteiger partial charge is 0.255 e. The van der Waals surface area contributed by atoms with Gasteiger partial charge in [-0.1, -0.05) is 12.1 Å². The van der Waals surface area contributed by atoms with Gasteiger partial charge in [-0.3, -0.25) is 9.59 Å². The van der Waals surface area contributed by atoms with Crippen LogP contribution in [0.4, 0.5) is 11.5 Å². The van der Waals surface area contributed by atoms with Gasteiger partial charge in [0.15, 0.2) is 5.82 Å². The number of fused-ring (bicyclic) bond motifs is 1. The molecule has 0 saturated heterocycles. The highest BCUT2D eigenvalue weighted by Gasteiger charge is 2.27. The van der Waals surface area contributed by atoms with E-state index in [1.165, 1.54) is 11.1 Å². The molecule has 2 aromatic rings. The molecule has 8 heteroatoms. The van der Waals surface area contributed by atoms with Crippen LogP contribution in [0.15, 0.2) is 36.5 Å². The van der Waals surface area contributed by atoms with E-state index in [4.69, 9.17) is 9.84 Å². The third kappa shape index (κ3) is 4.07. The number of aliphatic hydroxyl groups is 1. The third-order valence-corrected chi connectivity index (χ3v) is 4.65. The first-order chi connectivity index (χ1) is 13.6. The number of anilines is 2. The van der Waals surface area contributed by atoms with Crippen LogP contribution in [0.3, 0.4) is 0 Å². The standard InChI is InChI=1S/C20H24N4O4/c1-3-23(8-9-25)20(27)15-10-17-19(21-11-15)22-12-18(26)24(17)13-14-4-6-16(28-2)7-5-14/h4-7,10-11,25H,3,8-9,12-13H2,1-2H3,(H,21,22). The first-order valence-corrected chi connectivity index (χ1v) is 9.14. The molecule has 0 saturated carbocycles. The number of rotatable bonds is 7. The number of pyridine rings is 1. The van der Waals surface area contributed by atoms with Crippen LogP contribution in [0.5, 0.6) is 5.75 Å². The SMILES string of the molecule is CCN(CCO)C(=O)c1cnc2c(c1)N(Cc1ccc(OC)cc1)C(=O)CN2. The number of methoxy groups -OCH3 is 1. The summed E-state index contributed by atoms with van der Waals surface area (Å²) in [6.45, 7) is 2.98. The van der Waals surface area contributed by atoms with Crippen LogP contribution in [0.2, 0.25) is 0 Å². The quantitative estimate of drug-likeness (QED) is 0.751. The van der Waals surface area contributed by atoms with Crippen molar-refractivity contribution in [1.82, 2.24) is 9.88 Å². The molecule has 28 heavy (non-hydrogen) atoms. The third-order valence-electron chi connectivity index (χ3n) is 4.65. The molecular weight excluding hydrogens is 360 g/mol. The van der Waals surface area contributed by atoms with Gasteiger partial charge in [0.25, 0.3) is 5.91 Å². The molecule has 2 amide bonds. The number of ether oxygens (including phenoxy) is 1. The fourth-order valence-corrected chi connectivity index (χ4v) is 3.09. The molecule has 0 radical (unpaired) electrons. The average Bonchev–Trinajstić information content (AvgIpc) is 2.73. The lowest BCUT2D eigenvalue weighted by atomic mass is 10.1. The molecule has 0 unspecified atom stereocenters. The van der Waals surface area contributed by atoms with E-state index >= 15 is 0 Å². The fraction of sp³-hybridized carbons (Fsp3) is 0.350. The summed E-state index contributed by atoms with van der Waals surface area (Å²) in [6.07, 6.45) is 1.50. The van der Waals surface area contributed by atoms with E-state index in [1.807, 2.05) is 31.2 Å². The van der Waals surface area contributed by atoms with Gasteiger partial charge >= 0.3 is 0 Å². The number of hydrogen-bond donors (Lipinski definition) is 2. The number of nitrogens with zero attached hydrogens (tertiary/aromatic N) is 3. The van der Waals surface area contributed by atoms with E-state index in [9.17, 15) is 9.59 Å². The Kier molecular flexibility index (Phi) is 6.10. The molecule has 1 aliphatic rings. The van der Waals surface area contributed by atoms with Crippen LogP contribution in [0, 0.1) is 0 Å². The summed E-state index contributed by atoms with van der Waals surface area (Å²) in [5, 5.41) is 12.1. The first kappa shape index (κ1) is 19.6. The van der Waals surface area contributed by atoms with Gasteiger partial charge in [-0.25, -0.2) is 4.98 Å². The Morgan fingerprint density at radius 1 is 1.36 bits per heavy atom. The van der Waals surface area contributed by atoms with Gasteiger partial charge in [-0.2, -0.15) is 0 Å². The number of aromatic nitrogens is 1. The maximum absolute atomic E-state index is 12.7. The van der Waals surface area contributed by atoms with E-state index in [0.29, 0.717) is 30.2 Å². The van der Waals surface area contributed by atoms with E-state index < -0.39 is 0 Å². The van der Waals surface area contributed by atoms with Crippen LogP contribution in [-0.4, -0.2) is 60.2 Å². The largest absolute Gasteiger partial charge is 0.497 e. The lowest BCUT2D eigenvalue weighted by Crippen LogP contribution is -2.40. The van der Waals surface area contributed by atoms with Crippen LogP contribution < -0.4 is 15.0 Å². The summed E-state index contributed by atoms with van der Waals surface area (Å²) in [4.78, 5) is 32.7. The van der Waals surface area contributed by atoms with Crippen molar-refractivity contribution in [3.05, 3.63) is 47.7 Å². The minimum absolute atomic E-state index is 0.0996. The average molecular weight is 384 g/mol. The van der Waals surface area contributed by atoms with Gasteiger partial charge in [-0.05, 0) is 30.7 Å². The summed E-state index contributed by atoms with van der Waals surface area (Å²) < 4.78 is 5.17. The number of carbonyl (C=O) groups excluding carboxylic acids is 2. The number of nitrogens with one attached hydrogen (secondary N) is 1. The summed E-state index contributed by atoms with van der Waals surface area (Å²) >= 11 is 0. The molecule has 0 spiro atoms. The number of carbonyl (C=O) groups is 2. The lowest BCUT2D eigenvalue weighted by molar-refractivity contribution is -0.117. The molecule has 2 N–H and O–H groups in total. The van der Waals surface area contributed by atoms with E-state index in [1.54, 1.807) is 18.1 Å². The molecule has 0 atom stereocenters. The minimum Gasteiger partial charge on any atom is -0.497 e. The molecule has 1 aromatic carbocycles. The monoisotopic (exact) mass is 384 g/mol. The normalized spacial score (nSPS) is 13.0. The van der Waals surface area contributed by atoms with Crippen molar-refractivity contribution in [1.29, 1.82) is 0 Å². The second-order valence-corrected chi connectivity index (χ2v) is 6.38. The second-order valence-electron chi connectivity index (χ2n) is 6.38. The summed E-state index contributed by atoms with van der Waals surface area (Å²) in [6, 6.07) is 9.16. The van der Waals surface area contributed by atoms with Crippen molar-refractivity contribution in [2.24, 2.45) is 0 Å². The topological polar surface area (TPSA) is 95.0 Å². The van der Waals surface area contributed by atoms with Gasteiger partial charge in [0.05, 0.1) is 38.1 Å². The van der Waals surface area contributed by atoms with Crippen molar-refractivity contribution in [2.75, 3.05) is 43.6 Å². The van der Waals surface area contributed by atoms with Crippen LogP contribution in [0.25, 0.3) is 0 Å². The summed E-state index contributed by atoms with van der Waals surface area (Å²) in [5.41, 5.74) is 1.89. The number of hydrogen-bond acceptors (Lipinski definition) is 6. The maximum Gasteiger partial charge on any atom is 0.255 e. The highest BCUT2D eigenvalue weighted by Crippen LogP contribution is 2.30. The van der Waals surface area contributed by atoms with Crippen LogP contribution in [0.1, 0.15) is 22.8 Å². The van der Waals surface area contributed by atoms with Gasteiger partial charge in [-0.15, -0.1) is 0 Å². The van der Waals surface area contributed by atoms with Gasteiger partial charge in [0.2, 0.25) is 5.91 Å². The molecule has 0 bridgehead atoms. The molecule has 148 valence electrons. The van der Waals surface area contributed by atoms with Gasteiger partial charge < -0.3 is 25.0 Å². The van der Waals surface area contributed by atoms with Crippen molar-refractivity contribution in [3.8, 4) is 5.75 Å². The number of likely N-dealkylation sites (N-methyl/N-ethyl adjacent to an activating group) is 1. The van der Waals surface area contributed by atoms with Crippen molar-refractivity contribution in [3.63, 3.8) is 0 Å². The molecule has 0 fully saturated rings. The van der Waals surface area contributed by atoms with Crippen molar-refractivity contribution in [2.45, 2.75) is 13.5 Å². The molecule has 8 nitrogen and oxygen atoms in total. The molecule has 2 heterocycles. The maximum atomic E-state index is 12.7. The van der Waals surface area contributed by atoms with Crippen molar-refractivity contribution >= 4 is 23.3 Å². The fourth-order valence-electron chi connectivity index (χ4n) is 3.09. The Hall–Kier alpha value is -3.13. The van der Waals surface area contributed by atoms with E-state index in [0.717, 1.165) is 11.3 Å². The Morgan fingerprint density at radius 2 is 2.11 bits per heavy atom. The first-order valence-electron chi connectivity index (χ1n) is 9.14. The second kappa shape index (κ2) is 8.71. The Morgan fingerprint density at radius 3 is 2.75 bits per heavy atom. The zero-order valence-electron chi connectivity index (χ0n) is 16.0. The molecule has 3 rings (SSSR count). The predicted octanol–water partition coefficient (Wildman–Crippen LogP) is 1.50. The van der Waals surface area contributed by atoms with Gasteiger partial charge in [0.1, 0.15) is 5.75 Å². The predicted molar refractivity (Wildman–Crippen MR) is 106 cm³/mol. The zero-order valence-corrected chi connectivity index (χ0v) is 16.0. The van der Waals surface area contributed by atoms with Gasteiger partial charge in [0, 0.05) is 19.3 Å². The Labute approximate surface area is 163 Å². The van der Waals surface area contributed by atoms with Crippen LogP contribution in [-0.2, 0) is 11.3 Å². The number of benzene rings is 1. The Balaban J connectivity index is 1.90. The van der Waals surface area contributed by atoms with E-state index in [-0.39, 0.29) is 31.5 Å². The number of amides is 2. The highest BCUT2D eigenvalue weighted by molar-refractivity contribution is 6.04. The molecule has 1 aromatic heterocycles. The Bertz CT molecular complexity index is 854. The number of aliphatic hydroxyl groups excluding tert-OH is 1. The minimum atomic E-state index is -0.228. The molecule has 1 aliphatic heterocycles. The molecule has 0 aliphatic carbocycles. The lowest BCUT2D eigenvalue weighted by Gasteiger charge is -2.30. The van der Waals surface area contributed by atoms with Crippen LogP contribution >= 0.6 is 0 Å². The van der Waals surface area contributed by atoms with E-state index in [2.05, 4.69) is 10.3 Å². The summed E-state index contributed by atoms with van der Waals surface area (Å²) in [5.74, 6) is 0.982. The molecular formula is C20H24N4O4. The highest BCUT2D eigenvalue weighted by atomic mass is 16.5. The summed E-state index contributed by atoms with van der Waals surface area (Å²) in [7, 11) is 1.60.